The molecule has 5 heteroatoms. The van der Waals surface area contributed by atoms with E-state index in [-0.39, 0.29) is 12.5 Å². The molecule has 20 heavy (non-hydrogen) atoms. The van der Waals surface area contributed by atoms with Gasteiger partial charge in [0.25, 0.3) is 0 Å². The van der Waals surface area contributed by atoms with Crippen LogP contribution in [-0.4, -0.2) is 23.5 Å². The number of rotatable bonds is 6. The summed E-state index contributed by atoms with van der Waals surface area (Å²) in [5, 5.41) is 11.8. The van der Waals surface area contributed by atoms with Gasteiger partial charge in [0.05, 0.1) is 5.41 Å². The van der Waals surface area contributed by atoms with Crippen LogP contribution in [0.4, 0.5) is 0 Å². The van der Waals surface area contributed by atoms with E-state index in [1.54, 1.807) is 45.0 Å². The van der Waals surface area contributed by atoms with Gasteiger partial charge in [-0.3, -0.25) is 9.59 Å². The third-order valence-corrected chi connectivity index (χ3v) is 3.78. The first-order valence-electron chi connectivity index (χ1n) is 6.60. The van der Waals surface area contributed by atoms with Crippen molar-refractivity contribution >= 4 is 11.9 Å². The van der Waals surface area contributed by atoms with Gasteiger partial charge in [0.2, 0.25) is 5.91 Å². The Morgan fingerprint density at radius 1 is 1.25 bits per heavy atom. The molecule has 5 nitrogen and oxygen atoms in total. The molecule has 0 spiro atoms. The second kappa shape index (κ2) is 6.05. The van der Waals surface area contributed by atoms with Gasteiger partial charge >= 0.3 is 5.97 Å². The Hall–Kier alpha value is -1.88. The molecular weight excluding hydrogens is 256 g/mol. The van der Waals surface area contributed by atoms with E-state index >= 15 is 0 Å². The predicted octanol–water partition coefficient (Wildman–Crippen LogP) is 1.48. The highest BCUT2D eigenvalue weighted by Crippen LogP contribution is 2.22. The normalized spacial score (nSPS) is 16.8. The Balaban J connectivity index is 2.79. The Kier molecular flexibility index (Phi) is 4.89. The van der Waals surface area contributed by atoms with Crippen LogP contribution in [0.25, 0.3) is 0 Å². The maximum atomic E-state index is 12.2. The van der Waals surface area contributed by atoms with Crippen LogP contribution in [0.1, 0.15) is 32.8 Å². The fourth-order valence-electron chi connectivity index (χ4n) is 1.73. The van der Waals surface area contributed by atoms with Crippen LogP contribution in [0, 0.1) is 5.41 Å². The van der Waals surface area contributed by atoms with Crippen molar-refractivity contribution < 1.29 is 14.7 Å². The van der Waals surface area contributed by atoms with E-state index in [0.717, 1.165) is 0 Å². The Morgan fingerprint density at radius 3 is 2.25 bits per heavy atom. The number of aliphatic carboxylic acids is 1. The molecule has 0 heterocycles. The van der Waals surface area contributed by atoms with Gasteiger partial charge in [0.15, 0.2) is 0 Å². The molecule has 0 radical (unpaired) electrons. The molecule has 0 saturated carbocycles. The molecule has 1 rings (SSSR count). The van der Waals surface area contributed by atoms with Gasteiger partial charge in [-0.15, -0.1) is 0 Å². The first-order chi connectivity index (χ1) is 9.24. The molecule has 1 aromatic rings. The van der Waals surface area contributed by atoms with Gasteiger partial charge < -0.3 is 16.2 Å². The van der Waals surface area contributed by atoms with Gasteiger partial charge in [0, 0.05) is 6.54 Å². The molecule has 0 fully saturated rings. The van der Waals surface area contributed by atoms with Crippen LogP contribution < -0.4 is 11.1 Å². The second-order valence-corrected chi connectivity index (χ2v) is 5.47. The Labute approximate surface area is 119 Å². The lowest BCUT2D eigenvalue weighted by Crippen LogP contribution is -2.52. The zero-order chi connectivity index (χ0) is 15.4. The minimum absolute atomic E-state index is 0.0529. The number of carbonyl (C=O) groups is 2. The van der Waals surface area contributed by atoms with Gasteiger partial charge in [-0.1, -0.05) is 37.3 Å². The topological polar surface area (TPSA) is 92.4 Å². The number of nitrogens with two attached hydrogens (primary N) is 1. The summed E-state index contributed by atoms with van der Waals surface area (Å²) < 4.78 is 0. The highest BCUT2D eigenvalue weighted by atomic mass is 16.4. The molecule has 2 atom stereocenters. The van der Waals surface area contributed by atoms with Gasteiger partial charge in [0.1, 0.15) is 5.54 Å². The van der Waals surface area contributed by atoms with Crippen molar-refractivity contribution in [3.63, 3.8) is 0 Å². The molecule has 110 valence electrons. The fourth-order valence-corrected chi connectivity index (χ4v) is 1.73. The summed E-state index contributed by atoms with van der Waals surface area (Å²) in [5.74, 6) is -1.32. The smallest absolute Gasteiger partial charge is 0.311 e. The highest BCUT2D eigenvalue weighted by molar-refractivity contribution is 5.87. The fraction of sp³-hybridized carbons (Fsp3) is 0.467. The number of hydrogen-bond donors (Lipinski definition) is 3. The zero-order valence-electron chi connectivity index (χ0n) is 12.1. The molecule has 0 aliphatic carbocycles. The van der Waals surface area contributed by atoms with E-state index in [1.165, 1.54) is 0 Å². The van der Waals surface area contributed by atoms with Gasteiger partial charge in [-0.25, -0.2) is 0 Å². The van der Waals surface area contributed by atoms with Crippen LogP contribution in [0.15, 0.2) is 30.3 Å². The van der Waals surface area contributed by atoms with Crippen LogP contribution in [0.2, 0.25) is 0 Å². The van der Waals surface area contributed by atoms with Crippen molar-refractivity contribution in [1.29, 1.82) is 0 Å². The van der Waals surface area contributed by atoms with E-state index in [9.17, 15) is 14.7 Å². The van der Waals surface area contributed by atoms with Crippen molar-refractivity contribution in [3.05, 3.63) is 35.9 Å². The summed E-state index contributed by atoms with van der Waals surface area (Å²) in [6, 6.07) is 9.00. The lowest BCUT2D eigenvalue weighted by Gasteiger charge is -2.28. The molecule has 1 amide bonds. The van der Waals surface area contributed by atoms with Crippen LogP contribution in [0.3, 0.4) is 0 Å². The minimum atomic E-state index is -1.19. The summed E-state index contributed by atoms with van der Waals surface area (Å²) in [6.45, 7) is 5.05. The molecule has 2 unspecified atom stereocenters. The summed E-state index contributed by atoms with van der Waals surface area (Å²) >= 11 is 0. The molecular formula is C15H22N2O3. The van der Waals surface area contributed by atoms with E-state index in [0.29, 0.717) is 12.0 Å². The highest BCUT2D eigenvalue weighted by Gasteiger charge is 2.35. The first kappa shape index (κ1) is 16.2. The molecule has 0 bridgehead atoms. The summed E-state index contributed by atoms with van der Waals surface area (Å²) in [6.07, 6.45) is 0.426. The van der Waals surface area contributed by atoms with Gasteiger partial charge in [-0.05, 0) is 25.8 Å². The standard InChI is InChI=1S/C15H22N2O3/c1-4-14(2,13(19)20)10-17-12(18)15(3,16)11-8-6-5-7-9-11/h5-9H,4,10,16H2,1-3H3,(H,17,18)(H,19,20). The van der Waals surface area contributed by atoms with Crippen molar-refractivity contribution in [1.82, 2.24) is 5.32 Å². The third kappa shape index (κ3) is 3.36. The number of carboxylic acids is 1. The largest absolute Gasteiger partial charge is 0.481 e. The second-order valence-electron chi connectivity index (χ2n) is 5.47. The van der Waals surface area contributed by atoms with Crippen LogP contribution in [-0.2, 0) is 15.1 Å². The number of carboxylic acid groups (broad SMARTS) is 1. The molecule has 0 aliphatic rings. The number of amides is 1. The molecule has 0 saturated heterocycles. The quantitative estimate of drug-likeness (QED) is 0.735. The lowest BCUT2D eigenvalue weighted by atomic mass is 9.86. The van der Waals surface area contributed by atoms with Gasteiger partial charge in [-0.2, -0.15) is 0 Å². The summed E-state index contributed by atoms with van der Waals surface area (Å²) in [4.78, 5) is 23.4. The van der Waals surface area contributed by atoms with Crippen LogP contribution >= 0.6 is 0 Å². The summed E-state index contributed by atoms with van der Waals surface area (Å²) in [5.41, 5.74) is 4.59. The van der Waals surface area contributed by atoms with Crippen molar-refractivity contribution in [2.75, 3.05) is 6.54 Å². The summed E-state index contributed by atoms with van der Waals surface area (Å²) in [7, 11) is 0. The van der Waals surface area contributed by atoms with Crippen molar-refractivity contribution in [2.45, 2.75) is 32.7 Å². The van der Waals surface area contributed by atoms with E-state index in [2.05, 4.69) is 5.32 Å². The predicted molar refractivity (Wildman–Crippen MR) is 77.0 cm³/mol. The maximum Gasteiger partial charge on any atom is 0.311 e. The Bertz CT molecular complexity index is 485. The lowest BCUT2D eigenvalue weighted by molar-refractivity contribution is -0.148. The van der Waals surface area contributed by atoms with E-state index in [4.69, 9.17) is 5.73 Å². The third-order valence-electron chi connectivity index (χ3n) is 3.78. The molecule has 4 N–H and O–H groups in total. The van der Waals surface area contributed by atoms with Crippen LogP contribution in [0.5, 0.6) is 0 Å². The van der Waals surface area contributed by atoms with Crippen molar-refractivity contribution in [3.8, 4) is 0 Å². The number of nitrogens with one attached hydrogen (secondary N) is 1. The molecule has 1 aromatic carbocycles. The average molecular weight is 278 g/mol. The van der Waals surface area contributed by atoms with E-state index < -0.39 is 16.9 Å². The molecule has 0 aromatic heterocycles. The maximum absolute atomic E-state index is 12.2. The zero-order valence-corrected chi connectivity index (χ0v) is 12.1. The monoisotopic (exact) mass is 278 g/mol. The molecule has 0 aliphatic heterocycles. The number of benzene rings is 1. The number of carbonyl (C=O) groups excluding carboxylic acids is 1. The average Bonchev–Trinajstić information content (AvgIpc) is 2.44. The van der Waals surface area contributed by atoms with Crippen molar-refractivity contribution in [2.24, 2.45) is 11.1 Å². The Morgan fingerprint density at radius 2 is 1.80 bits per heavy atom. The van der Waals surface area contributed by atoms with E-state index in [1.807, 2.05) is 6.07 Å². The minimum Gasteiger partial charge on any atom is -0.481 e. The first-order valence-corrected chi connectivity index (χ1v) is 6.60. The SMILES string of the molecule is CCC(C)(CNC(=O)C(C)(N)c1ccccc1)C(=O)O. The number of hydrogen-bond acceptors (Lipinski definition) is 3.